The summed E-state index contributed by atoms with van der Waals surface area (Å²) in [6, 6.07) is 6.40. The lowest BCUT2D eigenvalue weighted by Gasteiger charge is -2.28. The van der Waals surface area contributed by atoms with Crippen LogP contribution in [0.1, 0.15) is 37.3 Å². The molecule has 0 radical (unpaired) electrons. The summed E-state index contributed by atoms with van der Waals surface area (Å²) in [5.41, 5.74) is 6.26. The Bertz CT molecular complexity index is 508. The van der Waals surface area contributed by atoms with E-state index < -0.39 is 5.54 Å². The number of amides is 1. The third kappa shape index (κ3) is 5.60. The monoisotopic (exact) mass is 365 g/mol. The van der Waals surface area contributed by atoms with E-state index >= 15 is 0 Å². The molecule has 4 nitrogen and oxygen atoms in total. The minimum absolute atomic E-state index is 0. The molecule has 1 aliphatic carbocycles. The van der Waals surface area contributed by atoms with Crippen molar-refractivity contribution in [2.45, 2.75) is 37.3 Å². The first-order chi connectivity index (χ1) is 9.92. The molecule has 0 spiro atoms. The summed E-state index contributed by atoms with van der Waals surface area (Å²) < 4.78 is 13.4. The standard InChI is InChI=1S/C16H24FN3O.2ClH/c1-20(2)14(12-6-5-7-13(17)10-12)11-19-15(21)16(18)8-3-4-9-16;;/h5-7,10,14H,3-4,8-9,11,18H2,1-2H3,(H,19,21);2*1H. The first-order valence-corrected chi connectivity index (χ1v) is 7.41. The van der Waals surface area contributed by atoms with E-state index in [0.717, 1.165) is 31.2 Å². The third-order valence-electron chi connectivity index (χ3n) is 4.26. The second kappa shape index (κ2) is 9.42. The van der Waals surface area contributed by atoms with Gasteiger partial charge in [0.1, 0.15) is 5.82 Å². The highest BCUT2D eigenvalue weighted by atomic mass is 35.5. The Labute approximate surface area is 149 Å². The molecule has 2 rings (SSSR count). The normalized spacial score (nSPS) is 17.1. The maximum atomic E-state index is 13.4. The van der Waals surface area contributed by atoms with Gasteiger partial charge in [-0.2, -0.15) is 0 Å². The lowest BCUT2D eigenvalue weighted by molar-refractivity contribution is -0.126. The number of halogens is 3. The van der Waals surface area contributed by atoms with Crippen molar-refractivity contribution in [3.8, 4) is 0 Å². The van der Waals surface area contributed by atoms with Crippen LogP contribution in [0.5, 0.6) is 0 Å². The average Bonchev–Trinajstić information content (AvgIpc) is 2.87. The lowest BCUT2D eigenvalue weighted by Crippen LogP contribution is -2.53. The van der Waals surface area contributed by atoms with Gasteiger partial charge < -0.3 is 16.0 Å². The smallest absolute Gasteiger partial charge is 0.240 e. The highest BCUT2D eigenvalue weighted by molar-refractivity contribution is 5.86. The van der Waals surface area contributed by atoms with Gasteiger partial charge in [-0.3, -0.25) is 4.79 Å². The van der Waals surface area contributed by atoms with Gasteiger partial charge in [-0.1, -0.05) is 25.0 Å². The minimum atomic E-state index is -0.723. The molecule has 1 amide bonds. The Morgan fingerprint density at radius 1 is 1.35 bits per heavy atom. The van der Waals surface area contributed by atoms with E-state index in [1.54, 1.807) is 6.07 Å². The second-order valence-electron chi connectivity index (χ2n) is 6.11. The zero-order valence-electron chi connectivity index (χ0n) is 13.5. The number of nitrogens with two attached hydrogens (primary N) is 1. The number of nitrogens with one attached hydrogen (secondary N) is 1. The van der Waals surface area contributed by atoms with Gasteiger partial charge >= 0.3 is 0 Å². The second-order valence-corrected chi connectivity index (χ2v) is 6.11. The van der Waals surface area contributed by atoms with Gasteiger partial charge in [-0.05, 0) is 44.6 Å². The molecule has 0 bridgehead atoms. The number of carbonyl (C=O) groups excluding carboxylic acids is 1. The number of hydrogen-bond acceptors (Lipinski definition) is 3. The van der Waals surface area contributed by atoms with Gasteiger partial charge in [0.05, 0.1) is 11.6 Å². The Morgan fingerprint density at radius 2 is 1.96 bits per heavy atom. The Balaban J connectivity index is 0.00000242. The fourth-order valence-corrected chi connectivity index (χ4v) is 2.91. The summed E-state index contributed by atoms with van der Waals surface area (Å²) in [5, 5.41) is 2.94. The van der Waals surface area contributed by atoms with Crippen LogP contribution in [0.4, 0.5) is 4.39 Å². The molecule has 1 fully saturated rings. The van der Waals surface area contributed by atoms with E-state index in [4.69, 9.17) is 5.73 Å². The molecule has 0 saturated heterocycles. The predicted molar refractivity (Wildman–Crippen MR) is 95.7 cm³/mol. The summed E-state index contributed by atoms with van der Waals surface area (Å²) in [4.78, 5) is 14.2. The molecule has 1 saturated carbocycles. The minimum Gasteiger partial charge on any atom is -0.353 e. The first kappa shape index (κ1) is 22.1. The van der Waals surface area contributed by atoms with E-state index in [1.807, 2.05) is 25.1 Å². The van der Waals surface area contributed by atoms with Gasteiger partial charge in [0, 0.05) is 6.54 Å². The van der Waals surface area contributed by atoms with Crippen molar-refractivity contribution in [3.63, 3.8) is 0 Å². The van der Waals surface area contributed by atoms with Crippen molar-refractivity contribution < 1.29 is 9.18 Å². The highest BCUT2D eigenvalue weighted by Crippen LogP contribution is 2.27. The van der Waals surface area contributed by atoms with Crippen LogP contribution in [0.15, 0.2) is 24.3 Å². The quantitative estimate of drug-likeness (QED) is 0.843. The van der Waals surface area contributed by atoms with E-state index in [0.29, 0.717) is 6.54 Å². The summed E-state index contributed by atoms with van der Waals surface area (Å²) >= 11 is 0. The predicted octanol–water partition coefficient (Wildman–Crippen LogP) is 2.66. The Kier molecular flexibility index (Phi) is 9.06. The maximum absolute atomic E-state index is 13.4. The average molecular weight is 366 g/mol. The number of nitrogens with zero attached hydrogens (tertiary/aromatic N) is 1. The number of hydrogen-bond donors (Lipinski definition) is 2. The molecular weight excluding hydrogens is 340 g/mol. The summed E-state index contributed by atoms with van der Waals surface area (Å²) in [5.74, 6) is -0.361. The van der Waals surface area contributed by atoms with Crippen molar-refractivity contribution in [1.82, 2.24) is 10.2 Å². The molecule has 132 valence electrons. The van der Waals surface area contributed by atoms with Gasteiger partial charge in [0.15, 0.2) is 0 Å². The Morgan fingerprint density at radius 3 is 2.48 bits per heavy atom. The molecule has 0 heterocycles. The van der Waals surface area contributed by atoms with Crippen molar-refractivity contribution in [2.24, 2.45) is 5.73 Å². The first-order valence-electron chi connectivity index (χ1n) is 7.41. The van der Waals surface area contributed by atoms with Crippen LogP contribution in [0.2, 0.25) is 0 Å². The van der Waals surface area contributed by atoms with Crippen molar-refractivity contribution in [3.05, 3.63) is 35.6 Å². The summed E-state index contributed by atoms with van der Waals surface area (Å²) in [7, 11) is 3.82. The fraction of sp³-hybridized carbons (Fsp3) is 0.562. The summed E-state index contributed by atoms with van der Waals surface area (Å²) in [6.07, 6.45) is 3.49. The van der Waals surface area contributed by atoms with Crippen LogP contribution in [-0.2, 0) is 4.79 Å². The highest BCUT2D eigenvalue weighted by Gasteiger charge is 2.37. The largest absolute Gasteiger partial charge is 0.353 e. The zero-order valence-corrected chi connectivity index (χ0v) is 15.2. The maximum Gasteiger partial charge on any atom is 0.240 e. The number of benzene rings is 1. The van der Waals surface area contributed by atoms with Crippen molar-refractivity contribution in [2.75, 3.05) is 20.6 Å². The van der Waals surface area contributed by atoms with Crippen molar-refractivity contribution in [1.29, 1.82) is 0 Å². The summed E-state index contributed by atoms with van der Waals surface area (Å²) in [6.45, 7) is 0.425. The van der Waals surface area contributed by atoms with Crippen LogP contribution < -0.4 is 11.1 Å². The van der Waals surface area contributed by atoms with E-state index in [2.05, 4.69) is 5.32 Å². The Hall–Kier alpha value is -0.880. The van der Waals surface area contributed by atoms with Crippen LogP contribution in [0.3, 0.4) is 0 Å². The SMILES string of the molecule is CN(C)C(CNC(=O)C1(N)CCCC1)c1cccc(F)c1.Cl.Cl. The molecule has 0 aromatic heterocycles. The number of carbonyl (C=O) groups is 1. The van der Waals surface area contributed by atoms with Crippen LogP contribution in [0.25, 0.3) is 0 Å². The number of rotatable bonds is 5. The van der Waals surface area contributed by atoms with E-state index in [-0.39, 0.29) is 42.6 Å². The molecule has 1 unspecified atom stereocenters. The molecule has 1 aromatic rings. The van der Waals surface area contributed by atoms with Gasteiger partial charge in [-0.25, -0.2) is 4.39 Å². The molecule has 0 aliphatic heterocycles. The van der Waals surface area contributed by atoms with Crippen LogP contribution in [-0.4, -0.2) is 37.0 Å². The molecule has 1 atom stereocenters. The zero-order chi connectivity index (χ0) is 15.5. The lowest BCUT2D eigenvalue weighted by atomic mass is 9.97. The fourth-order valence-electron chi connectivity index (χ4n) is 2.91. The molecule has 1 aliphatic rings. The van der Waals surface area contributed by atoms with Gasteiger partial charge in [-0.15, -0.1) is 24.8 Å². The van der Waals surface area contributed by atoms with E-state index in [9.17, 15) is 9.18 Å². The molecule has 1 aromatic carbocycles. The van der Waals surface area contributed by atoms with Crippen LogP contribution >= 0.6 is 24.8 Å². The molecule has 23 heavy (non-hydrogen) atoms. The van der Waals surface area contributed by atoms with E-state index in [1.165, 1.54) is 12.1 Å². The van der Waals surface area contributed by atoms with Gasteiger partial charge in [0.2, 0.25) is 5.91 Å². The topological polar surface area (TPSA) is 58.4 Å². The number of likely N-dealkylation sites (N-methyl/N-ethyl adjacent to an activating group) is 1. The van der Waals surface area contributed by atoms with Crippen LogP contribution in [0, 0.1) is 5.82 Å². The molecular formula is C16H26Cl2FN3O. The third-order valence-corrected chi connectivity index (χ3v) is 4.26. The molecule has 7 heteroatoms. The van der Waals surface area contributed by atoms with Gasteiger partial charge in [0.25, 0.3) is 0 Å². The molecule has 3 N–H and O–H groups in total. The van der Waals surface area contributed by atoms with Crippen molar-refractivity contribution >= 4 is 30.7 Å².